The monoisotopic (exact) mass is 310 g/mol. The molecule has 0 heterocycles. The van der Waals surface area contributed by atoms with Crippen molar-refractivity contribution in [2.24, 2.45) is 11.7 Å². The van der Waals surface area contributed by atoms with Gasteiger partial charge in [-0.1, -0.05) is 6.07 Å². The quantitative estimate of drug-likeness (QED) is 0.856. The van der Waals surface area contributed by atoms with Crippen molar-refractivity contribution >= 4 is 15.7 Å². The molecule has 0 aliphatic heterocycles. The number of carbonyl (C=O) groups is 1. The third kappa shape index (κ3) is 3.44. The first-order valence-corrected chi connectivity index (χ1v) is 8.90. The van der Waals surface area contributed by atoms with Gasteiger partial charge in [0.2, 0.25) is 0 Å². The largest absolute Gasteiger partial charge is 0.345 e. The zero-order valence-electron chi connectivity index (χ0n) is 12.6. The maximum absolute atomic E-state index is 12.5. The van der Waals surface area contributed by atoms with E-state index < -0.39 is 15.4 Å². The Hall–Kier alpha value is -1.40. The van der Waals surface area contributed by atoms with Crippen molar-refractivity contribution < 1.29 is 13.2 Å². The fraction of sp³-hybridized carbons (Fsp3) is 0.533. The first-order chi connectivity index (χ1) is 9.67. The van der Waals surface area contributed by atoms with Crippen LogP contribution < -0.4 is 11.1 Å². The molecule has 0 aromatic heterocycles. The lowest BCUT2D eigenvalue weighted by Gasteiger charge is -2.29. The molecule has 1 saturated carbocycles. The molecule has 1 aliphatic carbocycles. The van der Waals surface area contributed by atoms with Gasteiger partial charge < -0.3 is 11.1 Å². The predicted octanol–water partition coefficient (Wildman–Crippen LogP) is 1.26. The van der Waals surface area contributed by atoms with Crippen LogP contribution in [0.15, 0.2) is 23.1 Å². The minimum atomic E-state index is -3.33. The van der Waals surface area contributed by atoms with Crippen LogP contribution in [0, 0.1) is 12.8 Å². The van der Waals surface area contributed by atoms with Crippen LogP contribution in [0.5, 0.6) is 0 Å². The van der Waals surface area contributed by atoms with Crippen molar-refractivity contribution in [1.29, 1.82) is 0 Å². The van der Waals surface area contributed by atoms with Crippen molar-refractivity contribution in [2.45, 2.75) is 37.1 Å². The molecule has 0 bridgehead atoms. The van der Waals surface area contributed by atoms with Crippen LogP contribution in [0.4, 0.5) is 0 Å². The van der Waals surface area contributed by atoms with E-state index in [1.54, 1.807) is 13.0 Å². The normalized spacial score (nSPS) is 18.1. The maximum atomic E-state index is 12.5. The van der Waals surface area contributed by atoms with Crippen LogP contribution in [0.3, 0.4) is 0 Å². The SMILES string of the molecule is Cc1ccc(S(C)(=O)=O)cc1C(=O)NC(C)(CN)C1CC1. The number of rotatable bonds is 5. The molecule has 1 unspecified atom stereocenters. The number of carbonyl (C=O) groups excluding carboxylic acids is 1. The Morgan fingerprint density at radius 1 is 1.43 bits per heavy atom. The van der Waals surface area contributed by atoms with Gasteiger partial charge in [0.25, 0.3) is 5.91 Å². The molecule has 1 aliphatic rings. The van der Waals surface area contributed by atoms with Gasteiger partial charge in [0.1, 0.15) is 0 Å². The second kappa shape index (κ2) is 5.42. The zero-order valence-corrected chi connectivity index (χ0v) is 13.5. The minimum absolute atomic E-state index is 0.152. The summed E-state index contributed by atoms with van der Waals surface area (Å²) >= 11 is 0. The minimum Gasteiger partial charge on any atom is -0.345 e. The summed E-state index contributed by atoms with van der Waals surface area (Å²) in [5.41, 5.74) is 6.51. The molecule has 0 spiro atoms. The third-order valence-corrected chi connectivity index (χ3v) is 5.29. The van der Waals surface area contributed by atoms with E-state index in [9.17, 15) is 13.2 Å². The lowest BCUT2D eigenvalue weighted by molar-refractivity contribution is 0.0897. The second-order valence-electron chi connectivity index (χ2n) is 6.10. The van der Waals surface area contributed by atoms with Gasteiger partial charge in [0.05, 0.1) is 10.4 Å². The zero-order chi connectivity index (χ0) is 15.8. The molecule has 1 fully saturated rings. The van der Waals surface area contributed by atoms with E-state index in [0.717, 1.165) is 24.7 Å². The highest BCUT2D eigenvalue weighted by atomic mass is 32.2. The van der Waals surface area contributed by atoms with E-state index in [-0.39, 0.29) is 10.8 Å². The van der Waals surface area contributed by atoms with Crippen LogP contribution in [-0.2, 0) is 9.84 Å². The Balaban J connectivity index is 2.30. The average Bonchev–Trinajstić information content (AvgIpc) is 3.22. The van der Waals surface area contributed by atoms with Crippen LogP contribution in [0.1, 0.15) is 35.7 Å². The number of aryl methyl sites for hydroxylation is 1. The van der Waals surface area contributed by atoms with Crippen LogP contribution in [-0.4, -0.2) is 32.7 Å². The van der Waals surface area contributed by atoms with Crippen LogP contribution >= 0.6 is 0 Å². The first-order valence-electron chi connectivity index (χ1n) is 7.00. The van der Waals surface area contributed by atoms with Crippen molar-refractivity contribution in [3.8, 4) is 0 Å². The molecule has 0 radical (unpaired) electrons. The number of benzene rings is 1. The summed E-state index contributed by atoms with van der Waals surface area (Å²) in [5, 5.41) is 2.98. The van der Waals surface area contributed by atoms with E-state index >= 15 is 0 Å². The Morgan fingerprint density at radius 3 is 2.52 bits per heavy atom. The van der Waals surface area contributed by atoms with E-state index in [0.29, 0.717) is 18.0 Å². The van der Waals surface area contributed by atoms with E-state index in [1.807, 2.05) is 6.92 Å². The Labute approximate surface area is 125 Å². The number of hydrogen-bond acceptors (Lipinski definition) is 4. The molecule has 2 rings (SSSR count). The first kappa shape index (κ1) is 16.0. The average molecular weight is 310 g/mol. The molecular formula is C15H22N2O3S. The van der Waals surface area contributed by atoms with Gasteiger partial charge in [0, 0.05) is 18.4 Å². The summed E-state index contributed by atoms with van der Waals surface area (Å²) in [6, 6.07) is 4.61. The maximum Gasteiger partial charge on any atom is 0.252 e. The van der Waals surface area contributed by atoms with Crippen LogP contribution in [0.2, 0.25) is 0 Å². The van der Waals surface area contributed by atoms with Crippen molar-refractivity contribution in [3.63, 3.8) is 0 Å². The molecule has 116 valence electrons. The summed E-state index contributed by atoms with van der Waals surface area (Å²) < 4.78 is 23.3. The summed E-state index contributed by atoms with van der Waals surface area (Å²) in [6.07, 6.45) is 3.26. The fourth-order valence-electron chi connectivity index (χ4n) is 2.44. The van der Waals surface area contributed by atoms with E-state index in [2.05, 4.69) is 5.32 Å². The summed E-state index contributed by atoms with van der Waals surface area (Å²) in [4.78, 5) is 12.6. The van der Waals surface area contributed by atoms with Gasteiger partial charge in [-0.2, -0.15) is 0 Å². The van der Waals surface area contributed by atoms with Gasteiger partial charge in [-0.15, -0.1) is 0 Å². The highest BCUT2D eigenvalue weighted by Crippen LogP contribution is 2.39. The molecular weight excluding hydrogens is 288 g/mol. The standard InChI is InChI=1S/C15H22N2O3S/c1-10-4-7-12(21(3,19)20)8-13(10)14(18)17-15(2,9-16)11-5-6-11/h4,7-8,11H,5-6,9,16H2,1-3H3,(H,17,18). The molecule has 1 aromatic rings. The van der Waals surface area contributed by atoms with Crippen molar-refractivity contribution in [3.05, 3.63) is 29.3 Å². The number of hydrogen-bond donors (Lipinski definition) is 2. The van der Waals surface area contributed by atoms with Gasteiger partial charge in [-0.05, 0) is 50.3 Å². The number of sulfone groups is 1. The van der Waals surface area contributed by atoms with E-state index in [4.69, 9.17) is 5.73 Å². The van der Waals surface area contributed by atoms with Gasteiger partial charge >= 0.3 is 0 Å². The van der Waals surface area contributed by atoms with Crippen molar-refractivity contribution in [2.75, 3.05) is 12.8 Å². The predicted molar refractivity (Wildman–Crippen MR) is 81.9 cm³/mol. The van der Waals surface area contributed by atoms with Crippen molar-refractivity contribution in [1.82, 2.24) is 5.32 Å². The molecule has 0 saturated heterocycles. The molecule has 21 heavy (non-hydrogen) atoms. The topological polar surface area (TPSA) is 89.3 Å². The Kier molecular flexibility index (Phi) is 4.13. The Morgan fingerprint density at radius 2 is 2.05 bits per heavy atom. The number of amides is 1. The molecule has 3 N–H and O–H groups in total. The van der Waals surface area contributed by atoms with Gasteiger partial charge in [0.15, 0.2) is 9.84 Å². The molecule has 1 atom stereocenters. The second-order valence-corrected chi connectivity index (χ2v) is 8.11. The van der Waals surface area contributed by atoms with Gasteiger partial charge in [-0.3, -0.25) is 4.79 Å². The fourth-order valence-corrected chi connectivity index (χ4v) is 3.09. The lowest BCUT2D eigenvalue weighted by atomic mass is 9.95. The number of nitrogens with two attached hydrogens (primary N) is 1. The molecule has 1 amide bonds. The Bertz CT molecular complexity index is 665. The highest BCUT2D eigenvalue weighted by molar-refractivity contribution is 7.90. The highest BCUT2D eigenvalue weighted by Gasteiger charge is 2.41. The number of nitrogens with one attached hydrogen (secondary N) is 1. The molecule has 1 aromatic carbocycles. The summed E-state index contributed by atoms with van der Waals surface area (Å²) in [6.45, 7) is 4.10. The third-order valence-electron chi connectivity index (χ3n) is 4.18. The lowest BCUT2D eigenvalue weighted by Crippen LogP contribution is -2.53. The summed E-state index contributed by atoms with van der Waals surface area (Å²) in [5.74, 6) is 0.141. The molecule has 5 nitrogen and oxygen atoms in total. The summed E-state index contributed by atoms with van der Waals surface area (Å²) in [7, 11) is -3.33. The van der Waals surface area contributed by atoms with E-state index in [1.165, 1.54) is 12.1 Å². The smallest absolute Gasteiger partial charge is 0.252 e. The van der Waals surface area contributed by atoms with Gasteiger partial charge in [-0.25, -0.2) is 8.42 Å². The van der Waals surface area contributed by atoms with Crippen LogP contribution in [0.25, 0.3) is 0 Å². The molecule has 6 heteroatoms.